The van der Waals surface area contributed by atoms with Crippen LogP contribution < -0.4 is 0 Å². The number of rotatable bonds is 5. The van der Waals surface area contributed by atoms with Crippen molar-refractivity contribution in [2.75, 3.05) is 0 Å². The predicted octanol–water partition coefficient (Wildman–Crippen LogP) is 13.1. The Hall–Kier alpha value is -6.71. The molecule has 1 aliphatic rings. The van der Waals surface area contributed by atoms with E-state index >= 15 is 0 Å². The summed E-state index contributed by atoms with van der Waals surface area (Å²) in [4.78, 5) is 5.25. The van der Waals surface area contributed by atoms with Gasteiger partial charge in [-0.25, -0.2) is 0 Å². The molecule has 0 radical (unpaired) electrons. The molecule has 3 nitrogen and oxygen atoms in total. The lowest BCUT2D eigenvalue weighted by Gasteiger charge is -2.15. The molecular weight excluding hydrogens is 633 g/mol. The normalized spacial score (nSPS) is 14.6. The number of allylic oxidation sites excluding steroid dienone is 5. The third kappa shape index (κ3) is 4.93. The SMILES string of the molecule is CC(=N/C(=C1/C=C(c2cccc3c2oc2ccc(-n4c5ccccc5c5c6ccccc6ccc54)cc23)C=CC1)c1ccccc1)c1ccccc1. The zero-order valence-corrected chi connectivity index (χ0v) is 28.8. The summed E-state index contributed by atoms with van der Waals surface area (Å²) < 4.78 is 9.11. The molecule has 9 aromatic rings. The largest absolute Gasteiger partial charge is 0.455 e. The standard InChI is InChI=1S/C49H34N2O/c1-32(33-14-4-2-5-15-33)50-48(35-17-6-3-7-18-35)37-20-12-19-36(30-37)40-23-13-24-41-43-31-38(27-29-46(43)52-49(40)41)51-44-25-11-10-22-42(44)47-39-21-9-8-16-34(39)26-28-45(47)51/h2-19,21-31H,20H2,1H3/b48-37+,50-32?. The minimum absolute atomic E-state index is 0.798. The second-order valence-corrected chi connectivity index (χ2v) is 13.5. The van der Waals surface area contributed by atoms with Gasteiger partial charge in [0, 0.05) is 44.1 Å². The number of aromatic nitrogens is 1. The van der Waals surface area contributed by atoms with Crippen LogP contribution in [0.3, 0.4) is 0 Å². The summed E-state index contributed by atoms with van der Waals surface area (Å²) in [5.74, 6) is 0. The number of para-hydroxylation sites is 2. The maximum atomic E-state index is 6.72. The summed E-state index contributed by atoms with van der Waals surface area (Å²) in [5, 5.41) is 7.27. The van der Waals surface area contributed by atoms with Crippen molar-refractivity contribution in [3.63, 3.8) is 0 Å². The van der Waals surface area contributed by atoms with Gasteiger partial charge in [-0.05, 0) is 77.2 Å². The van der Waals surface area contributed by atoms with Crippen LogP contribution in [-0.4, -0.2) is 10.3 Å². The number of benzene rings is 7. The molecule has 0 atom stereocenters. The van der Waals surface area contributed by atoms with Crippen molar-refractivity contribution in [3.8, 4) is 5.69 Å². The highest BCUT2D eigenvalue weighted by Crippen LogP contribution is 2.41. The number of furan rings is 1. The Morgan fingerprint density at radius 1 is 0.615 bits per heavy atom. The molecule has 52 heavy (non-hydrogen) atoms. The molecular formula is C49H34N2O. The Balaban J connectivity index is 1.13. The van der Waals surface area contributed by atoms with Gasteiger partial charge in [0.25, 0.3) is 0 Å². The predicted molar refractivity (Wildman–Crippen MR) is 219 cm³/mol. The first kappa shape index (κ1) is 30.1. The lowest BCUT2D eigenvalue weighted by atomic mass is 9.92. The molecule has 0 bridgehead atoms. The first-order valence-corrected chi connectivity index (χ1v) is 17.9. The van der Waals surface area contributed by atoms with Crippen LogP contribution in [0.5, 0.6) is 0 Å². The molecule has 0 amide bonds. The average molecular weight is 667 g/mol. The Kier molecular flexibility index (Phi) is 7.10. The van der Waals surface area contributed by atoms with Gasteiger partial charge in [-0.2, -0.15) is 0 Å². The molecule has 10 rings (SSSR count). The van der Waals surface area contributed by atoms with Gasteiger partial charge in [-0.3, -0.25) is 4.99 Å². The van der Waals surface area contributed by atoms with Crippen molar-refractivity contribution in [1.29, 1.82) is 0 Å². The van der Waals surface area contributed by atoms with E-state index in [-0.39, 0.29) is 0 Å². The van der Waals surface area contributed by atoms with Crippen molar-refractivity contribution < 1.29 is 4.42 Å². The molecule has 3 heteroatoms. The molecule has 0 saturated heterocycles. The molecule has 0 spiro atoms. The van der Waals surface area contributed by atoms with Crippen LogP contribution in [0, 0.1) is 0 Å². The van der Waals surface area contributed by atoms with E-state index in [1.165, 1.54) is 38.2 Å². The van der Waals surface area contributed by atoms with Gasteiger partial charge < -0.3 is 8.98 Å². The molecule has 2 aromatic heterocycles. The van der Waals surface area contributed by atoms with E-state index in [1.54, 1.807) is 0 Å². The van der Waals surface area contributed by atoms with Gasteiger partial charge in [0.15, 0.2) is 0 Å². The zero-order valence-electron chi connectivity index (χ0n) is 28.8. The molecule has 1 aliphatic carbocycles. The van der Waals surface area contributed by atoms with Gasteiger partial charge >= 0.3 is 0 Å². The number of hydrogen-bond acceptors (Lipinski definition) is 2. The van der Waals surface area contributed by atoms with Gasteiger partial charge in [-0.1, -0.05) is 140 Å². The molecule has 0 fully saturated rings. The van der Waals surface area contributed by atoms with Gasteiger partial charge in [0.1, 0.15) is 11.2 Å². The lowest BCUT2D eigenvalue weighted by molar-refractivity contribution is 0.667. The van der Waals surface area contributed by atoms with Crippen LogP contribution in [-0.2, 0) is 0 Å². The summed E-state index contributed by atoms with van der Waals surface area (Å²) in [6, 6.07) is 55.9. The van der Waals surface area contributed by atoms with Gasteiger partial charge in [-0.15, -0.1) is 0 Å². The number of nitrogens with zero attached hydrogens (tertiary/aromatic N) is 2. The van der Waals surface area contributed by atoms with Gasteiger partial charge in [0.05, 0.1) is 16.7 Å². The van der Waals surface area contributed by atoms with E-state index in [1.807, 2.05) is 6.07 Å². The fraction of sp³-hybridized carbons (Fsp3) is 0.0408. The van der Waals surface area contributed by atoms with E-state index < -0.39 is 0 Å². The molecule has 0 unspecified atom stereocenters. The van der Waals surface area contributed by atoms with Crippen molar-refractivity contribution in [1.82, 2.24) is 4.57 Å². The Morgan fingerprint density at radius 3 is 2.19 bits per heavy atom. The van der Waals surface area contributed by atoms with E-state index in [9.17, 15) is 0 Å². The van der Waals surface area contributed by atoms with Crippen LogP contribution in [0.1, 0.15) is 30.0 Å². The fourth-order valence-corrected chi connectivity index (χ4v) is 7.94. The van der Waals surface area contributed by atoms with Crippen LogP contribution in [0.2, 0.25) is 0 Å². The molecule has 0 N–H and O–H groups in total. The minimum atomic E-state index is 0.798. The number of hydrogen-bond donors (Lipinski definition) is 0. The molecule has 0 saturated carbocycles. The molecule has 246 valence electrons. The maximum Gasteiger partial charge on any atom is 0.143 e. The highest BCUT2D eigenvalue weighted by molar-refractivity contribution is 6.21. The van der Waals surface area contributed by atoms with Crippen LogP contribution in [0.25, 0.3) is 71.5 Å². The first-order chi connectivity index (χ1) is 25.7. The molecule has 2 heterocycles. The quantitative estimate of drug-likeness (QED) is 0.168. The monoisotopic (exact) mass is 666 g/mol. The topological polar surface area (TPSA) is 30.4 Å². The lowest BCUT2D eigenvalue weighted by Crippen LogP contribution is -1.99. The third-order valence-corrected chi connectivity index (χ3v) is 10.4. The summed E-state index contributed by atoms with van der Waals surface area (Å²) in [7, 11) is 0. The Labute approximate surface area is 301 Å². The minimum Gasteiger partial charge on any atom is -0.455 e. The van der Waals surface area contributed by atoms with E-state index in [2.05, 4.69) is 181 Å². The average Bonchev–Trinajstić information content (AvgIpc) is 3.76. The first-order valence-electron chi connectivity index (χ1n) is 17.9. The van der Waals surface area contributed by atoms with E-state index in [0.29, 0.717) is 0 Å². The molecule has 0 aliphatic heterocycles. The van der Waals surface area contributed by atoms with Crippen molar-refractivity contribution in [2.45, 2.75) is 13.3 Å². The van der Waals surface area contributed by atoms with Crippen LogP contribution in [0.15, 0.2) is 191 Å². The highest BCUT2D eigenvalue weighted by atomic mass is 16.3. The van der Waals surface area contributed by atoms with Crippen molar-refractivity contribution in [2.24, 2.45) is 4.99 Å². The van der Waals surface area contributed by atoms with E-state index in [0.717, 1.165) is 67.7 Å². The van der Waals surface area contributed by atoms with Crippen LogP contribution in [0.4, 0.5) is 0 Å². The summed E-state index contributed by atoms with van der Waals surface area (Å²) in [6.07, 6.45) is 7.55. The third-order valence-electron chi connectivity index (χ3n) is 10.4. The maximum absolute atomic E-state index is 6.72. The fourth-order valence-electron chi connectivity index (χ4n) is 7.94. The summed E-state index contributed by atoms with van der Waals surface area (Å²) in [6.45, 7) is 2.09. The number of aliphatic imine (C=N–C) groups is 1. The van der Waals surface area contributed by atoms with Crippen molar-refractivity contribution in [3.05, 3.63) is 198 Å². The summed E-state index contributed by atoms with van der Waals surface area (Å²) in [5.41, 5.74) is 12.8. The van der Waals surface area contributed by atoms with Crippen molar-refractivity contribution >= 4 is 71.5 Å². The van der Waals surface area contributed by atoms with E-state index in [4.69, 9.17) is 9.41 Å². The molecule has 7 aromatic carbocycles. The zero-order chi connectivity index (χ0) is 34.6. The highest BCUT2D eigenvalue weighted by Gasteiger charge is 2.19. The van der Waals surface area contributed by atoms with Crippen LogP contribution >= 0.6 is 0 Å². The summed E-state index contributed by atoms with van der Waals surface area (Å²) >= 11 is 0. The second kappa shape index (κ2) is 12.3. The Morgan fingerprint density at radius 2 is 1.35 bits per heavy atom. The van der Waals surface area contributed by atoms with Gasteiger partial charge in [0.2, 0.25) is 0 Å². The Bertz CT molecular complexity index is 2970. The second-order valence-electron chi connectivity index (χ2n) is 13.5. The number of fused-ring (bicyclic) bond motifs is 8. The smallest absolute Gasteiger partial charge is 0.143 e.